The van der Waals surface area contributed by atoms with Gasteiger partial charge in [0.25, 0.3) is 11.8 Å². The predicted molar refractivity (Wildman–Crippen MR) is 115 cm³/mol. The van der Waals surface area contributed by atoms with Crippen LogP contribution < -0.4 is 4.90 Å². The maximum atomic E-state index is 13.9. The van der Waals surface area contributed by atoms with Crippen molar-refractivity contribution >= 4 is 23.1 Å². The summed E-state index contributed by atoms with van der Waals surface area (Å²) in [5.41, 5.74) is 3.29. The highest BCUT2D eigenvalue weighted by atomic mass is 19.2. The molecule has 4 rings (SSSR count). The lowest BCUT2D eigenvalue weighted by Crippen LogP contribution is -2.47. The molecule has 2 aromatic rings. The van der Waals surface area contributed by atoms with Crippen molar-refractivity contribution in [2.45, 2.75) is 20.8 Å². The molecule has 0 radical (unpaired) electrons. The number of rotatable bonds is 4. The second-order valence-electron chi connectivity index (χ2n) is 8.01. The minimum absolute atomic E-state index is 0.0263. The molecule has 0 aromatic heterocycles. The average Bonchev–Trinajstić information content (AvgIpc) is 3.00. The first-order valence-corrected chi connectivity index (χ1v) is 10.4. The van der Waals surface area contributed by atoms with Gasteiger partial charge >= 0.3 is 0 Å². The van der Waals surface area contributed by atoms with Crippen molar-refractivity contribution in [3.8, 4) is 0 Å². The summed E-state index contributed by atoms with van der Waals surface area (Å²) in [7, 11) is 0. The second kappa shape index (κ2) is 8.23. The van der Waals surface area contributed by atoms with Crippen molar-refractivity contribution < 1.29 is 18.4 Å². The lowest BCUT2D eigenvalue weighted by Gasteiger charge is -2.36. The molecule has 31 heavy (non-hydrogen) atoms. The van der Waals surface area contributed by atoms with Crippen molar-refractivity contribution in [2.75, 3.05) is 37.6 Å². The molecule has 0 saturated carbocycles. The Hall–Kier alpha value is -3.06. The molecule has 162 valence electrons. The molecule has 0 bridgehead atoms. The maximum Gasteiger partial charge on any atom is 0.282 e. The summed E-state index contributed by atoms with van der Waals surface area (Å²) in [5, 5.41) is 0. The number of imide groups is 1. The van der Waals surface area contributed by atoms with Crippen LogP contribution in [0.25, 0.3) is 5.57 Å². The van der Waals surface area contributed by atoms with E-state index >= 15 is 0 Å². The normalized spacial score (nSPS) is 17.8. The van der Waals surface area contributed by atoms with Gasteiger partial charge in [0.1, 0.15) is 5.70 Å². The molecule has 0 N–H and O–H groups in total. The van der Waals surface area contributed by atoms with E-state index in [1.807, 2.05) is 36.9 Å². The van der Waals surface area contributed by atoms with Crippen LogP contribution in [0.4, 0.5) is 14.5 Å². The molecule has 2 aliphatic rings. The van der Waals surface area contributed by atoms with E-state index in [9.17, 15) is 18.4 Å². The van der Waals surface area contributed by atoms with Crippen molar-refractivity contribution in [1.82, 2.24) is 9.80 Å². The SMILES string of the molecule is CCN1CCN(C2=C(c3ccc(C)cc3C)C(=O)N(c3ccc(F)c(F)c3)C2=O)CC1. The van der Waals surface area contributed by atoms with Gasteiger partial charge in [0.2, 0.25) is 0 Å². The summed E-state index contributed by atoms with van der Waals surface area (Å²) in [6.45, 7) is 9.67. The van der Waals surface area contributed by atoms with E-state index in [1.165, 1.54) is 6.07 Å². The highest BCUT2D eigenvalue weighted by Gasteiger charge is 2.43. The molecule has 2 amide bonds. The summed E-state index contributed by atoms with van der Waals surface area (Å²) in [6, 6.07) is 8.80. The Morgan fingerprint density at radius 1 is 0.871 bits per heavy atom. The Kier molecular flexibility index (Phi) is 5.62. The number of hydrogen-bond donors (Lipinski definition) is 0. The topological polar surface area (TPSA) is 43.9 Å². The number of amides is 2. The fraction of sp³-hybridized carbons (Fsp3) is 0.333. The van der Waals surface area contributed by atoms with E-state index in [2.05, 4.69) is 11.8 Å². The van der Waals surface area contributed by atoms with Gasteiger partial charge in [0, 0.05) is 32.2 Å². The summed E-state index contributed by atoms with van der Waals surface area (Å²) in [4.78, 5) is 32.2. The number of halogens is 2. The number of nitrogens with zero attached hydrogens (tertiary/aromatic N) is 3. The first-order chi connectivity index (χ1) is 14.8. The average molecular weight is 425 g/mol. The third kappa shape index (κ3) is 3.74. The molecular weight excluding hydrogens is 400 g/mol. The molecule has 0 spiro atoms. The molecule has 2 aliphatic heterocycles. The number of carbonyl (C=O) groups excluding carboxylic acids is 2. The molecule has 1 saturated heterocycles. The van der Waals surface area contributed by atoms with Gasteiger partial charge in [-0.25, -0.2) is 13.7 Å². The number of hydrogen-bond acceptors (Lipinski definition) is 4. The van der Waals surface area contributed by atoms with Crippen LogP contribution in [0.1, 0.15) is 23.6 Å². The van der Waals surface area contributed by atoms with Crippen LogP contribution in [0.2, 0.25) is 0 Å². The van der Waals surface area contributed by atoms with E-state index in [-0.39, 0.29) is 5.69 Å². The minimum Gasteiger partial charge on any atom is -0.364 e. The van der Waals surface area contributed by atoms with Crippen molar-refractivity contribution in [3.05, 3.63) is 70.4 Å². The smallest absolute Gasteiger partial charge is 0.282 e. The monoisotopic (exact) mass is 425 g/mol. The van der Waals surface area contributed by atoms with Crippen LogP contribution >= 0.6 is 0 Å². The Morgan fingerprint density at radius 2 is 1.58 bits per heavy atom. The quantitative estimate of drug-likeness (QED) is 0.704. The van der Waals surface area contributed by atoms with Crippen LogP contribution in [0.15, 0.2) is 42.1 Å². The van der Waals surface area contributed by atoms with Gasteiger partial charge in [-0.3, -0.25) is 9.59 Å². The Balaban J connectivity index is 1.82. The molecule has 1 fully saturated rings. The lowest BCUT2D eigenvalue weighted by molar-refractivity contribution is -0.120. The molecule has 0 unspecified atom stereocenters. The Morgan fingerprint density at radius 3 is 2.19 bits per heavy atom. The number of anilines is 1. The minimum atomic E-state index is -1.10. The second-order valence-corrected chi connectivity index (χ2v) is 8.01. The van der Waals surface area contributed by atoms with Gasteiger partial charge in [-0.2, -0.15) is 0 Å². The van der Waals surface area contributed by atoms with Crippen LogP contribution in [0, 0.1) is 25.5 Å². The maximum absolute atomic E-state index is 13.9. The van der Waals surface area contributed by atoms with Gasteiger partial charge in [0.05, 0.1) is 11.3 Å². The molecule has 0 aliphatic carbocycles. The first-order valence-electron chi connectivity index (χ1n) is 10.4. The van der Waals surface area contributed by atoms with Gasteiger partial charge in [0.15, 0.2) is 11.6 Å². The van der Waals surface area contributed by atoms with Crippen molar-refractivity contribution in [2.24, 2.45) is 0 Å². The molecule has 7 heteroatoms. The van der Waals surface area contributed by atoms with Crippen LogP contribution in [-0.2, 0) is 9.59 Å². The van der Waals surface area contributed by atoms with Crippen LogP contribution in [0.3, 0.4) is 0 Å². The Labute approximate surface area is 180 Å². The number of benzene rings is 2. The Bertz CT molecular complexity index is 1090. The fourth-order valence-corrected chi connectivity index (χ4v) is 4.29. The van der Waals surface area contributed by atoms with E-state index in [1.54, 1.807) is 0 Å². The zero-order valence-electron chi connectivity index (χ0n) is 17.9. The number of carbonyl (C=O) groups is 2. The zero-order chi connectivity index (χ0) is 22.3. The summed E-state index contributed by atoms with van der Waals surface area (Å²) >= 11 is 0. The van der Waals surface area contributed by atoms with E-state index < -0.39 is 23.4 Å². The van der Waals surface area contributed by atoms with E-state index in [4.69, 9.17) is 0 Å². The first kappa shape index (κ1) is 21.2. The third-order valence-corrected chi connectivity index (χ3v) is 6.01. The van der Waals surface area contributed by atoms with Gasteiger partial charge in [-0.05, 0) is 43.7 Å². The predicted octanol–water partition coefficient (Wildman–Crippen LogP) is 3.50. The van der Waals surface area contributed by atoms with Gasteiger partial charge < -0.3 is 9.80 Å². The summed E-state index contributed by atoms with van der Waals surface area (Å²) < 4.78 is 27.4. The molecule has 5 nitrogen and oxygen atoms in total. The molecular formula is C24H25F2N3O2. The number of piperazine rings is 1. The number of aryl methyl sites for hydroxylation is 2. The standard InChI is InChI=1S/C24H25F2N3O2/c1-4-27-9-11-28(12-10-27)22-21(18-7-5-15(2)13-16(18)3)23(30)29(24(22)31)17-6-8-19(25)20(26)14-17/h5-8,13-14H,4,9-12H2,1-3H3. The molecule has 2 heterocycles. The highest BCUT2D eigenvalue weighted by Crippen LogP contribution is 2.36. The van der Waals surface area contributed by atoms with Gasteiger partial charge in [-0.15, -0.1) is 0 Å². The molecule has 0 atom stereocenters. The summed E-state index contributed by atoms with van der Waals surface area (Å²) in [6.07, 6.45) is 0. The zero-order valence-corrected chi connectivity index (χ0v) is 17.9. The lowest BCUT2D eigenvalue weighted by atomic mass is 9.97. The van der Waals surface area contributed by atoms with E-state index in [0.29, 0.717) is 29.9 Å². The van der Waals surface area contributed by atoms with Crippen LogP contribution in [0.5, 0.6) is 0 Å². The number of likely N-dealkylation sites (N-methyl/N-ethyl adjacent to an activating group) is 1. The van der Waals surface area contributed by atoms with E-state index in [0.717, 1.165) is 47.8 Å². The largest absolute Gasteiger partial charge is 0.364 e. The highest BCUT2D eigenvalue weighted by molar-refractivity contribution is 6.45. The van der Waals surface area contributed by atoms with Crippen molar-refractivity contribution in [3.63, 3.8) is 0 Å². The van der Waals surface area contributed by atoms with Crippen LogP contribution in [-0.4, -0.2) is 54.3 Å². The van der Waals surface area contributed by atoms with Crippen molar-refractivity contribution in [1.29, 1.82) is 0 Å². The fourth-order valence-electron chi connectivity index (χ4n) is 4.29. The van der Waals surface area contributed by atoms with Gasteiger partial charge in [-0.1, -0.05) is 30.7 Å². The molecule has 2 aromatic carbocycles. The third-order valence-electron chi connectivity index (χ3n) is 6.01. The summed E-state index contributed by atoms with van der Waals surface area (Å²) in [5.74, 6) is -3.15.